The molecule has 22 heavy (non-hydrogen) atoms. The number of para-hydroxylation sites is 1. The van der Waals surface area contributed by atoms with Crippen molar-refractivity contribution >= 4 is 5.96 Å². The highest BCUT2D eigenvalue weighted by molar-refractivity contribution is 5.78. The van der Waals surface area contributed by atoms with Crippen molar-refractivity contribution in [1.29, 1.82) is 0 Å². The Balaban J connectivity index is 1.57. The third-order valence-electron chi connectivity index (χ3n) is 3.86. The number of nitrogens with one attached hydrogen (secondary N) is 1. The second kappa shape index (κ2) is 7.02. The predicted octanol–water partition coefficient (Wildman–Crippen LogP) is 1.05. The largest absolute Gasteiger partial charge is 0.370 e. The van der Waals surface area contributed by atoms with Crippen molar-refractivity contribution in [3.05, 3.63) is 36.2 Å². The van der Waals surface area contributed by atoms with E-state index in [9.17, 15) is 0 Å². The molecule has 7 heteroatoms. The number of aromatic nitrogens is 4. The molecule has 0 spiro atoms. The minimum Gasteiger partial charge on any atom is -0.370 e. The maximum absolute atomic E-state index is 5.92. The number of benzene rings is 1. The van der Waals surface area contributed by atoms with E-state index in [1.54, 1.807) is 4.68 Å². The van der Waals surface area contributed by atoms with Gasteiger partial charge in [0.2, 0.25) is 0 Å². The zero-order chi connectivity index (χ0) is 15.2. The minimum absolute atomic E-state index is 0.485. The van der Waals surface area contributed by atoms with Gasteiger partial charge in [0, 0.05) is 19.0 Å². The van der Waals surface area contributed by atoms with E-state index < -0.39 is 0 Å². The zero-order valence-electron chi connectivity index (χ0n) is 12.5. The molecule has 2 aromatic rings. The number of nitrogens with two attached hydrogens (primary N) is 1. The maximum atomic E-state index is 5.92. The molecule has 0 amide bonds. The smallest absolute Gasteiger partial charge is 0.188 e. The molecule has 3 N–H and O–H groups in total. The van der Waals surface area contributed by atoms with Gasteiger partial charge in [0.1, 0.15) is 0 Å². The Morgan fingerprint density at radius 2 is 2.05 bits per heavy atom. The summed E-state index contributed by atoms with van der Waals surface area (Å²) in [5.41, 5.74) is 6.87. The lowest BCUT2D eigenvalue weighted by Crippen LogP contribution is -2.38. The lowest BCUT2D eigenvalue weighted by molar-refractivity contribution is 0.625. The van der Waals surface area contributed by atoms with Crippen LogP contribution in [-0.4, -0.2) is 38.8 Å². The van der Waals surface area contributed by atoms with Crippen LogP contribution in [0.25, 0.3) is 5.69 Å². The molecule has 1 aromatic heterocycles. The van der Waals surface area contributed by atoms with E-state index in [0.29, 0.717) is 25.0 Å². The van der Waals surface area contributed by atoms with E-state index in [-0.39, 0.29) is 0 Å². The molecule has 0 atom stereocenters. The molecule has 1 aliphatic rings. The van der Waals surface area contributed by atoms with Gasteiger partial charge in [-0.25, -0.2) is 0 Å². The molecule has 0 radical (unpaired) electrons. The second-order valence-electron chi connectivity index (χ2n) is 5.49. The molecule has 1 fully saturated rings. The highest BCUT2D eigenvalue weighted by Gasteiger charge is 2.14. The lowest BCUT2D eigenvalue weighted by Gasteiger charge is -2.12. The minimum atomic E-state index is 0.485. The Hall–Kier alpha value is -2.44. The van der Waals surface area contributed by atoms with Gasteiger partial charge in [-0.3, -0.25) is 4.99 Å². The number of hydrogen-bond donors (Lipinski definition) is 2. The molecule has 1 aliphatic carbocycles. The number of hydrogen-bond acceptors (Lipinski definition) is 4. The fraction of sp³-hybridized carbons (Fsp3) is 0.467. The van der Waals surface area contributed by atoms with Crippen LogP contribution in [0.15, 0.2) is 35.3 Å². The zero-order valence-corrected chi connectivity index (χ0v) is 12.5. The van der Waals surface area contributed by atoms with Crippen LogP contribution in [0.1, 0.15) is 31.5 Å². The average Bonchev–Trinajstić information content (AvgIpc) is 3.20. The number of rotatable bonds is 5. The van der Waals surface area contributed by atoms with Crippen LogP contribution in [0.3, 0.4) is 0 Å². The van der Waals surface area contributed by atoms with Gasteiger partial charge in [-0.2, -0.15) is 4.68 Å². The summed E-state index contributed by atoms with van der Waals surface area (Å²) >= 11 is 0. The molecule has 1 aromatic carbocycles. The molecule has 116 valence electrons. The van der Waals surface area contributed by atoms with Crippen LogP contribution >= 0.6 is 0 Å². The van der Waals surface area contributed by atoms with Gasteiger partial charge >= 0.3 is 0 Å². The summed E-state index contributed by atoms with van der Waals surface area (Å²) in [6.07, 6.45) is 5.56. The average molecular weight is 299 g/mol. The quantitative estimate of drug-likeness (QED) is 0.636. The van der Waals surface area contributed by atoms with E-state index in [2.05, 4.69) is 25.8 Å². The Morgan fingerprint density at radius 3 is 2.82 bits per heavy atom. The lowest BCUT2D eigenvalue weighted by atomic mass is 10.2. The SMILES string of the molecule is NC(=NCCc1nnnn1-c1ccccc1)NC1CCCC1. The van der Waals surface area contributed by atoms with Gasteiger partial charge < -0.3 is 11.1 Å². The standard InChI is InChI=1S/C15H21N7/c16-15(18-12-6-4-5-7-12)17-11-10-14-19-20-21-22(14)13-8-2-1-3-9-13/h1-3,8-9,12H,4-7,10-11H2,(H3,16,17,18). The first kappa shape index (κ1) is 14.5. The third-order valence-corrected chi connectivity index (χ3v) is 3.86. The van der Waals surface area contributed by atoms with Gasteiger partial charge in [-0.1, -0.05) is 31.0 Å². The van der Waals surface area contributed by atoms with E-state index in [1.807, 2.05) is 30.3 Å². The van der Waals surface area contributed by atoms with Crippen molar-refractivity contribution in [3.63, 3.8) is 0 Å². The molecule has 0 aliphatic heterocycles. The Labute approximate surface area is 129 Å². The normalized spacial score (nSPS) is 16.1. The molecular formula is C15H21N7. The Bertz CT molecular complexity index is 614. The summed E-state index contributed by atoms with van der Waals surface area (Å²) in [5, 5.41) is 15.1. The first-order valence-electron chi connectivity index (χ1n) is 7.72. The van der Waals surface area contributed by atoms with Crippen molar-refractivity contribution in [3.8, 4) is 5.69 Å². The highest BCUT2D eigenvalue weighted by Crippen LogP contribution is 2.17. The van der Waals surface area contributed by atoms with Crippen molar-refractivity contribution < 1.29 is 0 Å². The third kappa shape index (κ3) is 3.60. The number of aliphatic imine (C=N–C) groups is 1. The second-order valence-corrected chi connectivity index (χ2v) is 5.49. The van der Waals surface area contributed by atoms with E-state index in [0.717, 1.165) is 11.5 Å². The van der Waals surface area contributed by atoms with Crippen molar-refractivity contribution in [2.45, 2.75) is 38.1 Å². The summed E-state index contributed by atoms with van der Waals surface area (Å²) in [5.74, 6) is 1.30. The molecular weight excluding hydrogens is 278 g/mol. The molecule has 1 saturated carbocycles. The van der Waals surface area contributed by atoms with Gasteiger partial charge in [-0.15, -0.1) is 5.10 Å². The number of guanidine groups is 1. The molecule has 3 rings (SSSR count). The maximum Gasteiger partial charge on any atom is 0.188 e. The first-order valence-corrected chi connectivity index (χ1v) is 7.72. The fourth-order valence-electron chi connectivity index (χ4n) is 2.73. The summed E-state index contributed by atoms with van der Waals surface area (Å²) < 4.78 is 1.73. The molecule has 0 bridgehead atoms. The van der Waals surface area contributed by atoms with Crippen molar-refractivity contribution in [1.82, 2.24) is 25.5 Å². The van der Waals surface area contributed by atoms with E-state index >= 15 is 0 Å². The number of tetrazole rings is 1. The van der Waals surface area contributed by atoms with Gasteiger partial charge in [0.25, 0.3) is 0 Å². The summed E-state index contributed by atoms with van der Waals surface area (Å²) in [4.78, 5) is 4.37. The predicted molar refractivity (Wildman–Crippen MR) is 84.7 cm³/mol. The van der Waals surface area contributed by atoms with Crippen LogP contribution in [0.4, 0.5) is 0 Å². The summed E-state index contributed by atoms with van der Waals surface area (Å²) in [6.45, 7) is 0.568. The first-order chi connectivity index (χ1) is 10.8. The summed E-state index contributed by atoms with van der Waals surface area (Å²) in [7, 11) is 0. The van der Waals surface area contributed by atoms with Crippen molar-refractivity contribution in [2.24, 2.45) is 10.7 Å². The fourth-order valence-corrected chi connectivity index (χ4v) is 2.73. The van der Waals surface area contributed by atoms with Gasteiger partial charge in [0.15, 0.2) is 11.8 Å². The molecule has 0 unspecified atom stereocenters. The van der Waals surface area contributed by atoms with E-state index in [1.165, 1.54) is 25.7 Å². The number of nitrogens with zero attached hydrogens (tertiary/aromatic N) is 5. The van der Waals surface area contributed by atoms with Crippen LogP contribution < -0.4 is 11.1 Å². The Kier molecular flexibility index (Phi) is 4.62. The highest BCUT2D eigenvalue weighted by atomic mass is 15.5. The van der Waals surface area contributed by atoms with Gasteiger partial charge in [0.05, 0.1) is 5.69 Å². The molecule has 1 heterocycles. The molecule has 7 nitrogen and oxygen atoms in total. The van der Waals surface area contributed by atoms with Crippen LogP contribution in [0.2, 0.25) is 0 Å². The summed E-state index contributed by atoms with van der Waals surface area (Å²) in [6, 6.07) is 10.3. The molecule has 0 saturated heterocycles. The Morgan fingerprint density at radius 1 is 1.27 bits per heavy atom. The van der Waals surface area contributed by atoms with Crippen LogP contribution in [0, 0.1) is 0 Å². The van der Waals surface area contributed by atoms with E-state index in [4.69, 9.17) is 5.73 Å². The van der Waals surface area contributed by atoms with Crippen LogP contribution in [-0.2, 0) is 6.42 Å². The monoisotopic (exact) mass is 299 g/mol. The van der Waals surface area contributed by atoms with Gasteiger partial charge in [-0.05, 0) is 35.4 Å². The van der Waals surface area contributed by atoms with Crippen molar-refractivity contribution in [2.75, 3.05) is 6.54 Å². The topological polar surface area (TPSA) is 94.0 Å². The van der Waals surface area contributed by atoms with Crippen LogP contribution in [0.5, 0.6) is 0 Å².